The lowest BCUT2D eigenvalue weighted by molar-refractivity contribution is -0.0545. The van der Waals surface area contributed by atoms with Gasteiger partial charge in [0.1, 0.15) is 0 Å². The molecule has 34 heavy (non-hydrogen) atoms. The Labute approximate surface area is 203 Å². The maximum atomic E-state index is 12.4. The van der Waals surface area contributed by atoms with E-state index in [1.807, 2.05) is 26.0 Å². The molecule has 0 saturated heterocycles. The van der Waals surface area contributed by atoms with Gasteiger partial charge in [-0.15, -0.1) is 0 Å². The van der Waals surface area contributed by atoms with Crippen LogP contribution in [0.15, 0.2) is 29.2 Å². The van der Waals surface area contributed by atoms with Gasteiger partial charge >= 0.3 is 15.6 Å². The van der Waals surface area contributed by atoms with E-state index in [4.69, 9.17) is 15.7 Å². The quantitative estimate of drug-likeness (QED) is 0.230. The van der Waals surface area contributed by atoms with Gasteiger partial charge in [-0.2, -0.15) is 21.6 Å². The third-order valence-electron chi connectivity index (χ3n) is 5.60. The van der Waals surface area contributed by atoms with Gasteiger partial charge in [0.2, 0.25) is 0 Å². The van der Waals surface area contributed by atoms with E-state index in [2.05, 4.69) is 4.18 Å². The second kappa shape index (κ2) is 15.1. The molecule has 4 N–H and O–H groups in total. The van der Waals surface area contributed by atoms with Crippen LogP contribution >= 0.6 is 0 Å². The molecule has 0 saturated carbocycles. The third kappa shape index (κ3) is 11.6. The SMILES string of the molecule is Cc1ccc(S(=O)OCCC(CCN)CC(C)CC(CCN)CCOS(=O)(=O)C(F)(F)F)cc1. The number of hydrogen-bond donors (Lipinski definition) is 2. The van der Waals surface area contributed by atoms with E-state index in [9.17, 15) is 25.8 Å². The van der Waals surface area contributed by atoms with Crippen LogP contribution in [0, 0.1) is 24.7 Å². The highest BCUT2D eigenvalue weighted by molar-refractivity contribution is 7.87. The van der Waals surface area contributed by atoms with Gasteiger partial charge in [-0.3, -0.25) is 8.37 Å². The minimum Gasteiger partial charge on any atom is -0.330 e. The van der Waals surface area contributed by atoms with Crippen molar-refractivity contribution < 1.29 is 34.2 Å². The largest absolute Gasteiger partial charge is 0.523 e. The molecule has 0 amide bonds. The molecule has 4 atom stereocenters. The Kier molecular flexibility index (Phi) is 13.8. The average molecular weight is 531 g/mol. The summed E-state index contributed by atoms with van der Waals surface area (Å²) in [5.74, 6) is 0.373. The highest BCUT2D eigenvalue weighted by Crippen LogP contribution is 2.29. The molecule has 0 aromatic heterocycles. The molecule has 4 unspecified atom stereocenters. The van der Waals surface area contributed by atoms with E-state index < -0.39 is 33.3 Å². The zero-order chi connectivity index (χ0) is 25.8. The van der Waals surface area contributed by atoms with Gasteiger partial charge < -0.3 is 11.5 Å². The molecular formula is C22H37F3N2O5S2. The van der Waals surface area contributed by atoms with Gasteiger partial charge in [-0.25, -0.2) is 4.21 Å². The summed E-state index contributed by atoms with van der Waals surface area (Å²) in [5, 5.41) is 0. The Hall–Kier alpha value is -1.05. The van der Waals surface area contributed by atoms with E-state index in [0.717, 1.165) is 18.4 Å². The molecule has 0 spiro atoms. The van der Waals surface area contributed by atoms with Gasteiger partial charge in [-0.1, -0.05) is 24.6 Å². The first-order valence-electron chi connectivity index (χ1n) is 11.4. The summed E-state index contributed by atoms with van der Waals surface area (Å²) in [7, 11) is -5.59. The number of nitrogens with two attached hydrogens (primary N) is 2. The summed E-state index contributed by atoms with van der Waals surface area (Å²) in [6, 6.07) is 7.28. The minimum atomic E-state index is -5.59. The Morgan fingerprint density at radius 2 is 1.44 bits per heavy atom. The number of benzene rings is 1. The van der Waals surface area contributed by atoms with Gasteiger partial charge in [0.25, 0.3) is 0 Å². The summed E-state index contributed by atoms with van der Waals surface area (Å²) in [4.78, 5) is 0.605. The summed E-state index contributed by atoms with van der Waals surface area (Å²) < 4.78 is 81.3. The molecule has 7 nitrogen and oxygen atoms in total. The number of aryl methyl sites for hydroxylation is 1. The van der Waals surface area contributed by atoms with Crippen LogP contribution in [-0.4, -0.2) is 44.4 Å². The number of halogens is 3. The maximum Gasteiger partial charge on any atom is 0.523 e. The van der Waals surface area contributed by atoms with E-state index in [1.54, 1.807) is 12.1 Å². The zero-order valence-electron chi connectivity index (χ0n) is 19.8. The van der Waals surface area contributed by atoms with E-state index in [0.29, 0.717) is 43.9 Å². The van der Waals surface area contributed by atoms with Crippen molar-refractivity contribution in [1.82, 2.24) is 0 Å². The zero-order valence-corrected chi connectivity index (χ0v) is 21.4. The summed E-state index contributed by atoms with van der Waals surface area (Å²) in [6.45, 7) is 4.59. The fourth-order valence-corrected chi connectivity index (χ4v) is 5.06. The Morgan fingerprint density at radius 1 is 0.941 bits per heavy atom. The fourth-order valence-electron chi connectivity index (χ4n) is 3.86. The van der Waals surface area contributed by atoms with Crippen LogP contribution < -0.4 is 11.5 Å². The average Bonchev–Trinajstić information content (AvgIpc) is 2.73. The van der Waals surface area contributed by atoms with Gasteiger partial charge in [0, 0.05) is 0 Å². The van der Waals surface area contributed by atoms with E-state index >= 15 is 0 Å². The molecule has 0 aliphatic heterocycles. The van der Waals surface area contributed by atoms with E-state index in [1.165, 1.54) is 0 Å². The van der Waals surface area contributed by atoms with Crippen molar-refractivity contribution in [1.29, 1.82) is 0 Å². The van der Waals surface area contributed by atoms with Crippen LogP contribution in [0.4, 0.5) is 13.2 Å². The van der Waals surface area contributed by atoms with Crippen LogP contribution in [0.3, 0.4) is 0 Å². The monoisotopic (exact) mass is 530 g/mol. The standard InChI is InChI=1S/C22H37F3N2O5S2/c1-17-3-5-21(6-4-17)33(28)31-13-9-19(7-11-26)15-18(2)16-20(8-12-27)10-14-32-34(29,30)22(23,24)25/h3-6,18-20H,7-16,26-27H2,1-2H3. The van der Waals surface area contributed by atoms with Crippen LogP contribution in [0.1, 0.15) is 51.0 Å². The minimum absolute atomic E-state index is 0.0627. The molecule has 1 aromatic carbocycles. The Balaban J connectivity index is 2.52. The van der Waals surface area contributed by atoms with Crippen LogP contribution in [-0.2, 0) is 29.6 Å². The predicted molar refractivity (Wildman–Crippen MR) is 126 cm³/mol. The van der Waals surface area contributed by atoms with Gasteiger partial charge in [0.05, 0.1) is 18.1 Å². The molecular weight excluding hydrogens is 493 g/mol. The topological polar surface area (TPSA) is 122 Å². The molecule has 198 valence electrons. The molecule has 12 heteroatoms. The van der Waals surface area contributed by atoms with Gasteiger partial charge in [0.15, 0.2) is 11.1 Å². The second-order valence-electron chi connectivity index (χ2n) is 8.63. The summed E-state index contributed by atoms with van der Waals surface area (Å²) >= 11 is -1.54. The highest BCUT2D eigenvalue weighted by atomic mass is 32.2. The lowest BCUT2D eigenvalue weighted by atomic mass is 9.83. The molecule has 0 bridgehead atoms. The predicted octanol–water partition coefficient (Wildman–Crippen LogP) is 4.03. The second-order valence-corrected chi connectivity index (χ2v) is 11.4. The van der Waals surface area contributed by atoms with Gasteiger partial charge in [-0.05, 0) is 88.4 Å². The fraction of sp³-hybridized carbons (Fsp3) is 0.727. The lowest BCUT2D eigenvalue weighted by Gasteiger charge is -2.24. The maximum absolute atomic E-state index is 12.4. The number of alkyl halides is 3. The van der Waals surface area contributed by atoms with Crippen LogP contribution in [0.2, 0.25) is 0 Å². The molecule has 0 heterocycles. The first-order valence-corrected chi connectivity index (χ1v) is 13.9. The third-order valence-corrected chi connectivity index (χ3v) is 7.68. The molecule has 0 aliphatic carbocycles. The molecule has 1 aromatic rings. The normalized spacial score (nSPS) is 16.2. The lowest BCUT2D eigenvalue weighted by Crippen LogP contribution is -2.26. The summed E-state index contributed by atoms with van der Waals surface area (Å²) in [6.07, 6.45) is 3.63. The molecule has 0 aliphatic rings. The van der Waals surface area contributed by atoms with Crippen molar-refractivity contribution in [3.63, 3.8) is 0 Å². The van der Waals surface area contributed by atoms with Crippen molar-refractivity contribution in [2.45, 2.75) is 62.8 Å². The van der Waals surface area contributed by atoms with Crippen LogP contribution in [0.25, 0.3) is 0 Å². The van der Waals surface area contributed by atoms with E-state index in [-0.39, 0.29) is 24.2 Å². The number of hydrogen-bond acceptors (Lipinski definition) is 7. The highest BCUT2D eigenvalue weighted by Gasteiger charge is 2.47. The smallest absolute Gasteiger partial charge is 0.330 e. The van der Waals surface area contributed by atoms with Crippen molar-refractivity contribution in [2.24, 2.45) is 29.2 Å². The summed E-state index contributed by atoms with van der Waals surface area (Å²) in [5.41, 5.74) is 7.02. The van der Waals surface area contributed by atoms with Crippen molar-refractivity contribution in [3.8, 4) is 0 Å². The van der Waals surface area contributed by atoms with Crippen LogP contribution in [0.5, 0.6) is 0 Å². The Morgan fingerprint density at radius 3 is 1.91 bits per heavy atom. The van der Waals surface area contributed by atoms with Crippen molar-refractivity contribution in [3.05, 3.63) is 29.8 Å². The Bertz CT molecular complexity index is 836. The first kappa shape index (κ1) is 31.0. The number of rotatable bonds is 17. The van der Waals surface area contributed by atoms with Crippen molar-refractivity contribution in [2.75, 3.05) is 26.3 Å². The van der Waals surface area contributed by atoms with Crippen molar-refractivity contribution >= 4 is 21.2 Å². The molecule has 0 fully saturated rings. The molecule has 0 radical (unpaired) electrons. The first-order chi connectivity index (χ1) is 15.9. The molecule has 1 rings (SSSR count).